The SMILES string of the molecule is CCNc1ncc(CN2CCC3(CC2)CC(O)CN(C(=O)c2ccoc2)C3)cn1. The molecule has 0 aliphatic carbocycles. The molecule has 0 bridgehead atoms. The highest BCUT2D eigenvalue weighted by Gasteiger charge is 2.43. The molecular weight excluding hydrogens is 370 g/mol. The summed E-state index contributed by atoms with van der Waals surface area (Å²) in [5.74, 6) is 0.602. The first-order chi connectivity index (χ1) is 14.1. The van der Waals surface area contributed by atoms with E-state index in [-0.39, 0.29) is 11.3 Å². The molecule has 1 atom stereocenters. The Kier molecular flexibility index (Phi) is 5.82. The Morgan fingerprint density at radius 3 is 2.76 bits per heavy atom. The number of nitrogens with zero attached hydrogens (tertiary/aromatic N) is 4. The minimum Gasteiger partial charge on any atom is -0.472 e. The van der Waals surface area contributed by atoms with Crippen molar-refractivity contribution in [3.05, 3.63) is 42.1 Å². The molecule has 156 valence electrons. The molecule has 4 heterocycles. The predicted molar refractivity (Wildman–Crippen MR) is 108 cm³/mol. The largest absolute Gasteiger partial charge is 0.472 e. The summed E-state index contributed by atoms with van der Waals surface area (Å²) < 4.78 is 5.05. The molecule has 1 unspecified atom stereocenters. The number of aliphatic hydroxyl groups is 1. The maximum atomic E-state index is 12.7. The molecule has 2 fully saturated rings. The second-order valence-electron chi connectivity index (χ2n) is 8.28. The van der Waals surface area contributed by atoms with Crippen molar-refractivity contribution in [2.45, 2.75) is 38.8 Å². The van der Waals surface area contributed by atoms with Gasteiger partial charge in [0, 0.05) is 44.1 Å². The van der Waals surface area contributed by atoms with E-state index >= 15 is 0 Å². The number of aliphatic hydroxyl groups excluding tert-OH is 1. The molecular formula is C21H29N5O3. The third-order valence-corrected chi connectivity index (χ3v) is 6.04. The Morgan fingerprint density at radius 2 is 2.10 bits per heavy atom. The van der Waals surface area contributed by atoms with Gasteiger partial charge >= 0.3 is 0 Å². The zero-order chi connectivity index (χ0) is 20.3. The average Bonchev–Trinajstić information content (AvgIpc) is 3.25. The van der Waals surface area contributed by atoms with Crippen molar-refractivity contribution >= 4 is 11.9 Å². The van der Waals surface area contributed by atoms with Gasteiger partial charge in [0.15, 0.2) is 0 Å². The van der Waals surface area contributed by atoms with E-state index in [1.807, 2.05) is 19.3 Å². The van der Waals surface area contributed by atoms with Gasteiger partial charge in [0.1, 0.15) is 6.26 Å². The molecule has 8 heteroatoms. The minimum absolute atomic E-state index is 0.0149. The van der Waals surface area contributed by atoms with Crippen LogP contribution in [0.25, 0.3) is 0 Å². The summed E-state index contributed by atoms with van der Waals surface area (Å²) in [6.07, 6.45) is 8.97. The first kappa shape index (κ1) is 19.8. The Balaban J connectivity index is 1.35. The normalized spacial score (nSPS) is 22.0. The lowest BCUT2D eigenvalue weighted by Gasteiger charge is -2.49. The number of hydrogen-bond acceptors (Lipinski definition) is 7. The van der Waals surface area contributed by atoms with Crippen LogP contribution >= 0.6 is 0 Å². The molecule has 1 amide bonds. The van der Waals surface area contributed by atoms with Crippen molar-refractivity contribution in [3.63, 3.8) is 0 Å². The number of carbonyl (C=O) groups is 1. The lowest BCUT2D eigenvalue weighted by atomic mass is 9.71. The van der Waals surface area contributed by atoms with Crippen LogP contribution in [0.2, 0.25) is 0 Å². The fraction of sp³-hybridized carbons (Fsp3) is 0.571. The van der Waals surface area contributed by atoms with Crippen LogP contribution < -0.4 is 5.32 Å². The number of β-amino-alcohol motifs (C(OH)–C–C–N with tert-alkyl or cyclic N) is 1. The monoisotopic (exact) mass is 399 g/mol. The lowest BCUT2D eigenvalue weighted by Crippen LogP contribution is -2.55. The maximum Gasteiger partial charge on any atom is 0.257 e. The Labute approximate surface area is 170 Å². The van der Waals surface area contributed by atoms with Gasteiger partial charge in [-0.05, 0) is 50.8 Å². The molecule has 1 spiro atoms. The molecule has 2 N–H and O–H groups in total. The molecule has 8 nitrogen and oxygen atoms in total. The third-order valence-electron chi connectivity index (χ3n) is 6.04. The Morgan fingerprint density at radius 1 is 1.34 bits per heavy atom. The highest BCUT2D eigenvalue weighted by molar-refractivity contribution is 5.94. The molecule has 2 saturated heterocycles. The average molecular weight is 399 g/mol. The number of anilines is 1. The van der Waals surface area contributed by atoms with Crippen LogP contribution in [0, 0.1) is 5.41 Å². The van der Waals surface area contributed by atoms with E-state index < -0.39 is 6.10 Å². The van der Waals surface area contributed by atoms with Gasteiger partial charge in [-0.3, -0.25) is 9.69 Å². The van der Waals surface area contributed by atoms with Gasteiger partial charge in [0.05, 0.1) is 17.9 Å². The van der Waals surface area contributed by atoms with Crippen molar-refractivity contribution in [1.82, 2.24) is 19.8 Å². The number of furan rings is 1. The molecule has 29 heavy (non-hydrogen) atoms. The van der Waals surface area contributed by atoms with Gasteiger partial charge in [-0.1, -0.05) is 0 Å². The quantitative estimate of drug-likeness (QED) is 0.794. The second kappa shape index (κ2) is 8.51. The van der Waals surface area contributed by atoms with Crippen LogP contribution in [0.5, 0.6) is 0 Å². The molecule has 0 aromatic carbocycles. The molecule has 2 aromatic heterocycles. The number of rotatable bonds is 5. The van der Waals surface area contributed by atoms with Crippen molar-refractivity contribution < 1.29 is 14.3 Å². The number of hydrogen-bond donors (Lipinski definition) is 2. The molecule has 2 aliphatic rings. The maximum absolute atomic E-state index is 12.7. The number of nitrogens with one attached hydrogen (secondary N) is 1. The molecule has 2 aromatic rings. The van der Waals surface area contributed by atoms with Crippen LogP contribution in [0.3, 0.4) is 0 Å². The molecule has 0 saturated carbocycles. The summed E-state index contributed by atoms with van der Waals surface area (Å²) in [5.41, 5.74) is 1.63. The van der Waals surface area contributed by atoms with Gasteiger partial charge in [0.2, 0.25) is 5.95 Å². The first-order valence-electron chi connectivity index (χ1n) is 10.3. The first-order valence-corrected chi connectivity index (χ1v) is 10.3. The summed E-state index contributed by atoms with van der Waals surface area (Å²) in [5, 5.41) is 13.6. The number of piperidine rings is 2. The van der Waals surface area contributed by atoms with E-state index in [0.717, 1.165) is 51.0 Å². The zero-order valence-corrected chi connectivity index (χ0v) is 16.9. The van der Waals surface area contributed by atoms with Gasteiger partial charge in [-0.25, -0.2) is 9.97 Å². The highest BCUT2D eigenvalue weighted by atomic mass is 16.3. The molecule has 4 rings (SSSR count). The van der Waals surface area contributed by atoms with Crippen LogP contribution in [0.15, 0.2) is 35.4 Å². The minimum atomic E-state index is -0.474. The van der Waals surface area contributed by atoms with E-state index in [0.29, 0.717) is 24.6 Å². The van der Waals surface area contributed by atoms with E-state index in [1.165, 1.54) is 12.5 Å². The standard InChI is InChI=1S/C21H29N5O3/c1-2-22-20-23-10-16(11-24-20)12-25-6-4-21(5-7-25)9-18(27)13-26(15-21)19(28)17-3-8-29-14-17/h3,8,10-11,14,18,27H,2,4-7,9,12-13,15H2,1H3,(H,22,23,24). The molecule has 0 radical (unpaired) electrons. The van der Waals surface area contributed by atoms with Crippen molar-refractivity contribution in [2.24, 2.45) is 5.41 Å². The van der Waals surface area contributed by atoms with Gasteiger partial charge in [-0.15, -0.1) is 0 Å². The van der Waals surface area contributed by atoms with Crippen LogP contribution in [0.1, 0.15) is 42.1 Å². The van der Waals surface area contributed by atoms with Crippen molar-refractivity contribution in [3.8, 4) is 0 Å². The van der Waals surface area contributed by atoms with Crippen LogP contribution in [0.4, 0.5) is 5.95 Å². The van der Waals surface area contributed by atoms with Gasteiger partial charge < -0.3 is 19.7 Å². The molecule has 2 aliphatic heterocycles. The zero-order valence-electron chi connectivity index (χ0n) is 16.9. The van der Waals surface area contributed by atoms with Crippen LogP contribution in [-0.2, 0) is 6.54 Å². The summed E-state index contributed by atoms with van der Waals surface area (Å²) in [6.45, 7) is 6.62. The number of aromatic nitrogens is 2. The van der Waals surface area contributed by atoms with E-state index in [1.54, 1.807) is 11.0 Å². The lowest BCUT2D eigenvalue weighted by molar-refractivity contribution is -0.0337. The van der Waals surface area contributed by atoms with Crippen LogP contribution in [-0.4, -0.2) is 69.6 Å². The smallest absolute Gasteiger partial charge is 0.257 e. The summed E-state index contributed by atoms with van der Waals surface area (Å²) in [6, 6.07) is 1.68. The number of likely N-dealkylation sites (tertiary alicyclic amines) is 2. The van der Waals surface area contributed by atoms with Gasteiger partial charge in [-0.2, -0.15) is 0 Å². The predicted octanol–water partition coefficient (Wildman–Crippen LogP) is 1.99. The number of amides is 1. The van der Waals surface area contributed by atoms with E-state index in [9.17, 15) is 9.90 Å². The van der Waals surface area contributed by atoms with Crippen molar-refractivity contribution in [1.29, 1.82) is 0 Å². The van der Waals surface area contributed by atoms with Gasteiger partial charge in [0.25, 0.3) is 5.91 Å². The second-order valence-corrected chi connectivity index (χ2v) is 8.28. The highest BCUT2D eigenvalue weighted by Crippen LogP contribution is 2.40. The van der Waals surface area contributed by atoms with E-state index in [4.69, 9.17) is 4.42 Å². The Bertz CT molecular complexity index is 800. The Hall–Kier alpha value is -2.45. The summed E-state index contributed by atoms with van der Waals surface area (Å²) in [4.78, 5) is 25.6. The fourth-order valence-corrected chi connectivity index (χ4v) is 4.57. The topological polar surface area (TPSA) is 94.7 Å². The fourth-order valence-electron chi connectivity index (χ4n) is 4.57. The summed E-state index contributed by atoms with van der Waals surface area (Å²) in [7, 11) is 0. The summed E-state index contributed by atoms with van der Waals surface area (Å²) >= 11 is 0. The third kappa shape index (κ3) is 4.59. The number of carbonyl (C=O) groups excluding carboxylic acids is 1. The van der Waals surface area contributed by atoms with Crippen molar-refractivity contribution in [2.75, 3.05) is 38.0 Å². The van der Waals surface area contributed by atoms with E-state index in [2.05, 4.69) is 20.2 Å².